The van der Waals surface area contributed by atoms with E-state index in [9.17, 15) is 0 Å². The first-order valence-electron chi connectivity index (χ1n) is 7.02. The van der Waals surface area contributed by atoms with Gasteiger partial charge in [-0.25, -0.2) is 4.98 Å². The van der Waals surface area contributed by atoms with Crippen molar-refractivity contribution < 1.29 is 9.47 Å². The minimum absolute atomic E-state index is 0.160. The topological polar surface area (TPSA) is 48.3 Å². The smallest absolute Gasteiger partial charge is 0.161 e. The molecule has 114 valence electrons. The lowest BCUT2D eigenvalue weighted by molar-refractivity contribution is 0.353. The van der Waals surface area contributed by atoms with Gasteiger partial charge in [-0.2, -0.15) is 0 Å². The predicted octanol–water partition coefficient (Wildman–Crippen LogP) is 2.85. The molecule has 21 heavy (non-hydrogen) atoms. The van der Waals surface area contributed by atoms with Crippen LogP contribution in [-0.4, -0.2) is 23.8 Å². The summed E-state index contributed by atoms with van der Waals surface area (Å²) < 4.78 is 12.6. The Balaban J connectivity index is 2.13. The third-order valence-electron chi connectivity index (χ3n) is 3.65. The van der Waals surface area contributed by atoms with Crippen LogP contribution in [0.3, 0.4) is 0 Å². The molecular formula is C16H23N3O2. The van der Waals surface area contributed by atoms with Gasteiger partial charge in [-0.15, -0.1) is 0 Å². The summed E-state index contributed by atoms with van der Waals surface area (Å²) in [4.78, 5) is 4.38. The molecule has 0 aliphatic heterocycles. The van der Waals surface area contributed by atoms with E-state index in [4.69, 9.17) is 9.47 Å². The maximum Gasteiger partial charge on any atom is 0.161 e. The molecule has 1 aromatic heterocycles. The van der Waals surface area contributed by atoms with Gasteiger partial charge in [-0.1, -0.05) is 6.07 Å². The number of benzene rings is 1. The summed E-state index contributed by atoms with van der Waals surface area (Å²) in [5.74, 6) is 2.50. The van der Waals surface area contributed by atoms with E-state index in [0.29, 0.717) is 0 Å². The molecule has 5 heteroatoms. The average Bonchev–Trinajstić information content (AvgIpc) is 2.92. The van der Waals surface area contributed by atoms with E-state index in [1.807, 2.05) is 42.2 Å². The molecular weight excluding hydrogens is 266 g/mol. The maximum absolute atomic E-state index is 5.35. The van der Waals surface area contributed by atoms with Gasteiger partial charge >= 0.3 is 0 Å². The fourth-order valence-corrected chi connectivity index (χ4v) is 2.46. The number of methoxy groups -OCH3 is 2. The van der Waals surface area contributed by atoms with Crippen molar-refractivity contribution >= 4 is 0 Å². The summed E-state index contributed by atoms with van der Waals surface area (Å²) in [6.07, 6.45) is 3.77. The van der Waals surface area contributed by atoms with Crippen LogP contribution in [-0.2, 0) is 7.05 Å². The molecule has 2 unspecified atom stereocenters. The number of nitrogens with one attached hydrogen (secondary N) is 1. The van der Waals surface area contributed by atoms with E-state index in [0.717, 1.165) is 22.9 Å². The van der Waals surface area contributed by atoms with Gasteiger partial charge < -0.3 is 19.4 Å². The largest absolute Gasteiger partial charge is 0.493 e. The second kappa shape index (κ2) is 6.63. The van der Waals surface area contributed by atoms with Crippen LogP contribution in [0.5, 0.6) is 11.5 Å². The number of aromatic nitrogens is 2. The van der Waals surface area contributed by atoms with E-state index in [1.54, 1.807) is 14.2 Å². The van der Waals surface area contributed by atoms with Crippen molar-refractivity contribution in [3.63, 3.8) is 0 Å². The number of nitrogens with zero attached hydrogens (tertiary/aromatic N) is 2. The van der Waals surface area contributed by atoms with E-state index in [2.05, 4.69) is 24.1 Å². The van der Waals surface area contributed by atoms with Gasteiger partial charge in [0.2, 0.25) is 0 Å². The monoisotopic (exact) mass is 289 g/mol. The van der Waals surface area contributed by atoms with Crippen LogP contribution in [0.15, 0.2) is 30.6 Å². The van der Waals surface area contributed by atoms with Gasteiger partial charge in [-0.05, 0) is 31.5 Å². The van der Waals surface area contributed by atoms with Crippen molar-refractivity contribution in [3.05, 3.63) is 42.0 Å². The van der Waals surface area contributed by atoms with Gasteiger partial charge in [0.1, 0.15) is 5.82 Å². The van der Waals surface area contributed by atoms with E-state index < -0.39 is 0 Å². The minimum atomic E-state index is 0.160. The fraction of sp³-hybridized carbons (Fsp3) is 0.438. The zero-order chi connectivity index (χ0) is 15.4. The third-order valence-corrected chi connectivity index (χ3v) is 3.65. The Kier molecular flexibility index (Phi) is 4.85. The SMILES string of the molecule is COc1ccc(C(C)NC(C)c2nccn2C)cc1OC. The van der Waals surface area contributed by atoms with Crippen LogP contribution in [0.25, 0.3) is 0 Å². The van der Waals surface area contributed by atoms with E-state index in [-0.39, 0.29) is 12.1 Å². The van der Waals surface area contributed by atoms with Crippen molar-refractivity contribution in [2.24, 2.45) is 7.05 Å². The van der Waals surface area contributed by atoms with E-state index in [1.165, 1.54) is 0 Å². The Bertz CT molecular complexity index is 595. The molecule has 1 heterocycles. The van der Waals surface area contributed by atoms with Crippen molar-refractivity contribution in [1.29, 1.82) is 0 Å². The number of hydrogen-bond acceptors (Lipinski definition) is 4. The van der Waals surface area contributed by atoms with Crippen LogP contribution in [0, 0.1) is 0 Å². The number of aryl methyl sites for hydroxylation is 1. The van der Waals surface area contributed by atoms with Crippen molar-refractivity contribution in [3.8, 4) is 11.5 Å². The van der Waals surface area contributed by atoms with E-state index >= 15 is 0 Å². The number of imidazole rings is 1. The quantitative estimate of drug-likeness (QED) is 0.888. The average molecular weight is 289 g/mol. The molecule has 0 bridgehead atoms. The standard InChI is InChI=1S/C16H23N3O2/c1-11(18-12(2)16-17-8-9-19(16)3)13-6-7-14(20-4)15(10-13)21-5/h6-12,18H,1-5H3. The molecule has 1 N–H and O–H groups in total. The molecule has 2 rings (SSSR count). The second-order valence-electron chi connectivity index (χ2n) is 5.12. The summed E-state index contributed by atoms with van der Waals surface area (Å²) >= 11 is 0. The molecule has 0 saturated heterocycles. The number of hydrogen-bond donors (Lipinski definition) is 1. The molecule has 0 aliphatic carbocycles. The molecule has 2 aromatic rings. The lowest BCUT2D eigenvalue weighted by Crippen LogP contribution is -2.24. The molecule has 0 spiro atoms. The summed E-state index contributed by atoms with van der Waals surface area (Å²) in [5, 5.41) is 3.55. The lowest BCUT2D eigenvalue weighted by atomic mass is 10.1. The summed E-state index contributed by atoms with van der Waals surface area (Å²) in [6.45, 7) is 4.24. The van der Waals surface area contributed by atoms with Gasteiger partial charge in [-0.3, -0.25) is 0 Å². The second-order valence-corrected chi connectivity index (χ2v) is 5.12. The molecule has 0 fully saturated rings. The fourth-order valence-electron chi connectivity index (χ4n) is 2.46. The molecule has 0 saturated carbocycles. The van der Waals surface area contributed by atoms with Crippen LogP contribution < -0.4 is 14.8 Å². The van der Waals surface area contributed by atoms with Gasteiger partial charge in [0.15, 0.2) is 11.5 Å². The van der Waals surface area contributed by atoms with Gasteiger partial charge in [0.25, 0.3) is 0 Å². The number of rotatable bonds is 6. The highest BCUT2D eigenvalue weighted by atomic mass is 16.5. The highest BCUT2D eigenvalue weighted by molar-refractivity contribution is 5.43. The lowest BCUT2D eigenvalue weighted by Gasteiger charge is -2.21. The zero-order valence-corrected chi connectivity index (χ0v) is 13.3. The highest BCUT2D eigenvalue weighted by Gasteiger charge is 2.15. The van der Waals surface area contributed by atoms with Gasteiger partial charge in [0, 0.05) is 25.5 Å². The maximum atomic E-state index is 5.35. The highest BCUT2D eigenvalue weighted by Crippen LogP contribution is 2.30. The molecule has 5 nitrogen and oxygen atoms in total. The molecule has 0 amide bonds. The Morgan fingerprint density at radius 1 is 1.10 bits per heavy atom. The van der Waals surface area contributed by atoms with Crippen molar-refractivity contribution in [1.82, 2.24) is 14.9 Å². The Hall–Kier alpha value is -2.01. The Morgan fingerprint density at radius 3 is 2.38 bits per heavy atom. The minimum Gasteiger partial charge on any atom is -0.493 e. The summed E-state index contributed by atoms with van der Waals surface area (Å²) in [5.41, 5.74) is 1.15. The van der Waals surface area contributed by atoms with Crippen LogP contribution in [0.2, 0.25) is 0 Å². The first-order valence-corrected chi connectivity index (χ1v) is 7.02. The molecule has 0 radical (unpaired) electrons. The molecule has 1 aromatic carbocycles. The van der Waals surface area contributed by atoms with Crippen LogP contribution >= 0.6 is 0 Å². The molecule has 0 aliphatic rings. The Morgan fingerprint density at radius 2 is 1.81 bits per heavy atom. The summed E-state index contributed by atoms with van der Waals surface area (Å²) in [7, 11) is 5.29. The zero-order valence-electron chi connectivity index (χ0n) is 13.3. The Labute approximate surface area is 125 Å². The predicted molar refractivity (Wildman–Crippen MR) is 82.7 cm³/mol. The third kappa shape index (κ3) is 3.36. The summed E-state index contributed by atoms with van der Waals surface area (Å²) in [6, 6.07) is 6.31. The number of ether oxygens (including phenoxy) is 2. The first-order chi connectivity index (χ1) is 10.1. The van der Waals surface area contributed by atoms with Crippen LogP contribution in [0.1, 0.15) is 37.3 Å². The van der Waals surface area contributed by atoms with Crippen LogP contribution in [0.4, 0.5) is 0 Å². The molecule has 2 atom stereocenters. The first kappa shape index (κ1) is 15.4. The normalized spacial score (nSPS) is 13.8. The van der Waals surface area contributed by atoms with Crippen molar-refractivity contribution in [2.75, 3.05) is 14.2 Å². The van der Waals surface area contributed by atoms with Gasteiger partial charge in [0.05, 0.1) is 20.3 Å². The van der Waals surface area contributed by atoms with Crippen molar-refractivity contribution in [2.45, 2.75) is 25.9 Å².